The predicted molar refractivity (Wildman–Crippen MR) is 109 cm³/mol. The summed E-state index contributed by atoms with van der Waals surface area (Å²) in [5.74, 6) is 0.790. The Hall–Kier alpha value is -1.83. The van der Waals surface area contributed by atoms with E-state index in [-0.39, 0.29) is 10.8 Å². The zero-order valence-corrected chi connectivity index (χ0v) is 17.4. The van der Waals surface area contributed by atoms with E-state index in [0.717, 1.165) is 24.1 Å². The maximum atomic E-state index is 13.3. The molecular formula is C24H33NO. The molecule has 2 nitrogen and oxygen atoms in total. The second kappa shape index (κ2) is 6.40. The molecule has 0 radical (unpaired) electrons. The van der Waals surface area contributed by atoms with Crippen molar-refractivity contribution in [1.29, 1.82) is 0 Å². The van der Waals surface area contributed by atoms with Crippen molar-refractivity contribution in [3.63, 3.8) is 0 Å². The number of Topliss-reactive ketones (excluding diaryl/α,β-unsaturated/α-hetero) is 1. The van der Waals surface area contributed by atoms with Crippen LogP contribution in [-0.2, 0) is 10.2 Å². The lowest BCUT2D eigenvalue weighted by Crippen LogP contribution is -2.45. The maximum absolute atomic E-state index is 13.3. The summed E-state index contributed by atoms with van der Waals surface area (Å²) in [6.07, 6.45) is 2.47. The van der Waals surface area contributed by atoms with Gasteiger partial charge in [0.1, 0.15) is 0 Å². The molecule has 1 aromatic rings. The third-order valence-corrected chi connectivity index (χ3v) is 6.42. The second-order valence-corrected chi connectivity index (χ2v) is 9.21. The van der Waals surface area contributed by atoms with Crippen molar-refractivity contribution in [2.24, 2.45) is 5.41 Å². The van der Waals surface area contributed by atoms with Crippen molar-refractivity contribution < 1.29 is 4.79 Å². The molecule has 0 amide bonds. The molecule has 1 aromatic carbocycles. The lowest BCUT2D eigenvalue weighted by Gasteiger charge is -2.47. The molecule has 1 aliphatic carbocycles. The molecule has 1 N–H and O–H groups in total. The molecule has 2 aliphatic rings. The van der Waals surface area contributed by atoms with Crippen molar-refractivity contribution in [2.45, 2.75) is 79.1 Å². The Labute approximate surface area is 158 Å². The molecule has 0 bridgehead atoms. The Morgan fingerprint density at radius 2 is 1.85 bits per heavy atom. The molecule has 0 spiro atoms. The number of ketones is 1. The highest BCUT2D eigenvalue weighted by molar-refractivity contribution is 6.01. The minimum Gasteiger partial charge on any atom is -0.362 e. The van der Waals surface area contributed by atoms with Gasteiger partial charge in [0.25, 0.3) is 0 Å². The van der Waals surface area contributed by atoms with E-state index in [4.69, 9.17) is 0 Å². The van der Waals surface area contributed by atoms with Crippen molar-refractivity contribution >= 4 is 5.78 Å². The van der Waals surface area contributed by atoms with Gasteiger partial charge in [0, 0.05) is 28.8 Å². The van der Waals surface area contributed by atoms with Crippen LogP contribution in [0.4, 0.5) is 0 Å². The van der Waals surface area contributed by atoms with E-state index in [2.05, 4.69) is 78.0 Å². The predicted octanol–water partition coefficient (Wildman–Crippen LogP) is 6.00. The lowest BCUT2D eigenvalue weighted by atomic mass is 9.59. The number of benzene rings is 1. The average Bonchev–Trinajstić information content (AvgIpc) is 2.56. The normalized spacial score (nSPS) is 25.5. The standard InChI is InChI=1S/C24H33NO/c1-8-24(19-11-9-10-18(12-19)15(2)3)16(4)17(5)25-20-13-23(6,7)14-21(26)22(20)24/h9-12,15,25H,8,13-14H2,1-7H3. The van der Waals surface area contributed by atoms with Gasteiger partial charge in [0.05, 0.1) is 0 Å². The summed E-state index contributed by atoms with van der Waals surface area (Å²) < 4.78 is 0. The van der Waals surface area contributed by atoms with Crippen LogP contribution in [0.5, 0.6) is 0 Å². The van der Waals surface area contributed by atoms with Gasteiger partial charge < -0.3 is 5.32 Å². The Bertz CT molecular complexity index is 809. The van der Waals surface area contributed by atoms with Crippen LogP contribution < -0.4 is 5.32 Å². The molecule has 3 rings (SSSR count). The van der Waals surface area contributed by atoms with E-state index in [0.29, 0.717) is 18.1 Å². The molecule has 26 heavy (non-hydrogen) atoms. The van der Waals surface area contributed by atoms with Crippen molar-refractivity contribution in [1.82, 2.24) is 5.32 Å². The number of carbonyl (C=O) groups is 1. The number of nitrogens with one attached hydrogen (secondary N) is 1. The zero-order chi connectivity index (χ0) is 19.3. The van der Waals surface area contributed by atoms with E-state index >= 15 is 0 Å². The molecule has 1 heterocycles. The van der Waals surface area contributed by atoms with Gasteiger partial charge in [-0.3, -0.25) is 4.79 Å². The number of rotatable bonds is 3. The highest BCUT2D eigenvalue weighted by Gasteiger charge is 2.48. The highest BCUT2D eigenvalue weighted by atomic mass is 16.1. The molecule has 0 aromatic heterocycles. The summed E-state index contributed by atoms with van der Waals surface area (Å²) in [6.45, 7) is 15.4. The quantitative estimate of drug-likeness (QED) is 0.724. The first kappa shape index (κ1) is 18.9. The summed E-state index contributed by atoms with van der Waals surface area (Å²) in [5, 5.41) is 3.59. The summed E-state index contributed by atoms with van der Waals surface area (Å²) >= 11 is 0. The van der Waals surface area contributed by atoms with Gasteiger partial charge in [-0.1, -0.05) is 58.9 Å². The zero-order valence-electron chi connectivity index (χ0n) is 17.4. The van der Waals surface area contributed by atoms with E-state index in [1.807, 2.05) is 0 Å². The van der Waals surface area contributed by atoms with Crippen LogP contribution >= 0.6 is 0 Å². The minimum atomic E-state index is -0.302. The van der Waals surface area contributed by atoms with E-state index < -0.39 is 0 Å². The molecule has 0 saturated heterocycles. The SMILES string of the molecule is CCC1(c2cccc(C(C)C)c2)C(C)=C(C)NC2=C1C(=O)CC(C)(C)C2. The summed E-state index contributed by atoms with van der Waals surface area (Å²) in [7, 11) is 0. The molecule has 0 fully saturated rings. The van der Waals surface area contributed by atoms with Gasteiger partial charge in [0.2, 0.25) is 0 Å². The molecular weight excluding hydrogens is 318 g/mol. The maximum Gasteiger partial charge on any atom is 0.162 e. The van der Waals surface area contributed by atoms with E-state index in [1.165, 1.54) is 22.4 Å². The molecule has 1 unspecified atom stereocenters. The fraction of sp³-hybridized carbons (Fsp3) is 0.542. The monoisotopic (exact) mass is 351 g/mol. The van der Waals surface area contributed by atoms with Gasteiger partial charge in [-0.05, 0) is 54.7 Å². The molecule has 0 saturated carbocycles. The first-order chi connectivity index (χ1) is 12.1. The molecule has 1 aliphatic heterocycles. The van der Waals surface area contributed by atoms with Gasteiger partial charge in [-0.2, -0.15) is 0 Å². The van der Waals surface area contributed by atoms with Crippen LogP contribution in [-0.4, -0.2) is 5.78 Å². The Morgan fingerprint density at radius 1 is 1.15 bits per heavy atom. The number of dihydropyridines is 1. The lowest BCUT2D eigenvalue weighted by molar-refractivity contribution is -0.118. The largest absolute Gasteiger partial charge is 0.362 e. The van der Waals surface area contributed by atoms with Gasteiger partial charge in [0.15, 0.2) is 5.78 Å². The third-order valence-electron chi connectivity index (χ3n) is 6.42. The Morgan fingerprint density at radius 3 is 2.46 bits per heavy atom. The number of hydrogen-bond donors (Lipinski definition) is 1. The highest BCUT2D eigenvalue weighted by Crippen LogP contribution is 2.52. The van der Waals surface area contributed by atoms with Crippen LogP contribution in [0, 0.1) is 5.41 Å². The van der Waals surface area contributed by atoms with Crippen molar-refractivity contribution in [2.75, 3.05) is 0 Å². The topological polar surface area (TPSA) is 29.1 Å². The fourth-order valence-corrected chi connectivity index (χ4v) is 4.92. The van der Waals surface area contributed by atoms with Crippen LogP contribution in [0.2, 0.25) is 0 Å². The van der Waals surface area contributed by atoms with Crippen LogP contribution in [0.3, 0.4) is 0 Å². The van der Waals surface area contributed by atoms with Gasteiger partial charge in [-0.25, -0.2) is 0 Å². The van der Waals surface area contributed by atoms with Crippen LogP contribution in [0.25, 0.3) is 0 Å². The molecule has 1 atom stereocenters. The summed E-state index contributed by atoms with van der Waals surface area (Å²) in [6, 6.07) is 8.90. The first-order valence-corrected chi connectivity index (χ1v) is 9.94. The number of allylic oxidation sites excluding steroid dienone is 4. The third kappa shape index (κ3) is 2.84. The van der Waals surface area contributed by atoms with Crippen molar-refractivity contribution in [3.8, 4) is 0 Å². The Kier molecular flexibility index (Phi) is 4.67. The average molecular weight is 352 g/mol. The Balaban J connectivity index is 2.28. The summed E-state index contributed by atoms with van der Waals surface area (Å²) in [5.41, 5.74) is 6.97. The van der Waals surface area contributed by atoms with Crippen LogP contribution in [0.15, 0.2) is 46.8 Å². The minimum absolute atomic E-state index is 0.0215. The molecule has 2 heteroatoms. The second-order valence-electron chi connectivity index (χ2n) is 9.21. The molecule has 140 valence electrons. The fourth-order valence-electron chi connectivity index (χ4n) is 4.92. The van der Waals surface area contributed by atoms with Crippen LogP contribution in [0.1, 0.15) is 84.8 Å². The smallest absolute Gasteiger partial charge is 0.162 e. The number of hydrogen-bond acceptors (Lipinski definition) is 2. The summed E-state index contributed by atoms with van der Waals surface area (Å²) in [4.78, 5) is 13.3. The first-order valence-electron chi connectivity index (χ1n) is 9.94. The van der Waals surface area contributed by atoms with Gasteiger partial charge >= 0.3 is 0 Å². The number of carbonyl (C=O) groups excluding carboxylic acids is 1. The van der Waals surface area contributed by atoms with Gasteiger partial charge in [-0.15, -0.1) is 0 Å². The van der Waals surface area contributed by atoms with E-state index in [1.54, 1.807) is 0 Å². The van der Waals surface area contributed by atoms with E-state index in [9.17, 15) is 4.79 Å². The van der Waals surface area contributed by atoms with Crippen molar-refractivity contribution in [3.05, 3.63) is 57.9 Å².